The van der Waals surface area contributed by atoms with E-state index in [0.717, 1.165) is 5.56 Å². The Morgan fingerprint density at radius 2 is 2.46 bits per heavy atom. The van der Waals surface area contributed by atoms with Crippen LogP contribution in [0.1, 0.15) is 5.89 Å². The molecule has 2 rings (SSSR count). The molecule has 68 valence electrons. The molecule has 0 aliphatic carbocycles. The maximum atomic E-state index is 5.33. The van der Waals surface area contributed by atoms with Crippen LogP contribution in [0.2, 0.25) is 0 Å². The lowest BCUT2D eigenvalue weighted by Gasteiger charge is -1.88. The number of hydrogen-bond acceptors (Lipinski definition) is 5. The first-order chi connectivity index (χ1) is 6.40. The number of thiophene rings is 1. The minimum Gasteiger partial charge on any atom is -0.418 e. The van der Waals surface area contributed by atoms with Gasteiger partial charge in [0.15, 0.2) is 0 Å². The molecule has 2 aromatic rings. The second-order valence-corrected chi connectivity index (χ2v) is 3.23. The normalized spacial score (nSPS) is 10.5. The summed E-state index contributed by atoms with van der Waals surface area (Å²) in [5.74, 6) is 1.05. The highest BCUT2D eigenvalue weighted by molar-refractivity contribution is 7.08. The molecule has 0 aliphatic rings. The fourth-order valence-electron chi connectivity index (χ4n) is 0.938. The second-order valence-electron chi connectivity index (χ2n) is 2.45. The van der Waals surface area contributed by atoms with Crippen LogP contribution in [-0.4, -0.2) is 17.3 Å². The van der Waals surface area contributed by atoms with Gasteiger partial charge in [-0.2, -0.15) is 11.3 Å². The first-order valence-corrected chi connectivity index (χ1v) is 4.68. The lowest BCUT2D eigenvalue weighted by molar-refractivity contribution is 0.160. The summed E-state index contributed by atoms with van der Waals surface area (Å²) in [6.45, 7) is 0.358. The van der Waals surface area contributed by atoms with Crippen molar-refractivity contribution in [3.63, 3.8) is 0 Å². The predicted molar refractivity (Wildman–Crippen MR) is 48.3 cm³/mol. The molecule has 0 amide bonds. The highest BCUT2D eigenvalue weighted by Crippen LogP contribution is 2.20. The molecule has 0 fully saturated rings. The van der Waals surface area contributed by atoms with E-state index in [2.05, 4.69) is 10.2 Å². The van der Waals surface area contributed by atoms with Crippen LogP contribution in [0.4, 0.5) is 0 Å². The lowest BCUT2D eigenvalue weighted by atomic mass is 10.3. The minimum atomic E-state index is 0.358. The summed E-state index contributed by atoms with van der Waals surface area (Å²) < 4.78 is 10.2. The fraction of sp³-hybridized carbons (Fsp3) is 0.250. The molecular weight excluding hydrogens is 188 g/mol. The van der Waals surface area contributed by atoms with E-state index in [1.54, 1.807) is 18.4 Å². The Balaban J connectivity index is 2.23. The number of rotatable bonds is 3. The average Bonchev–Trinajstić information content (AvgIpc) is 2.70. The molecule has 13 heavy (non-hydrogen) atoms. The zero-order chi connectivity index (χ0) is 9.10. The molecule has 0 spiro atoms. The van der Waals surface area contributed by atoms with Gasteiger partial charge < -0.3 is 9.15 Å². The molecule has 0 unspecified atom stereocenters. The monoisotopic (exact) mass is 196 g/mol. The molecule has 0 bridgehead atoms. The highest BCUT2D eigenvalue weighted by Gasteiger charge is 2.07. The Hall–Kier alpha value is -1.20. The van der Waals surface area contributed by atoms with Gasteiger partial charge >= 0.3 is 0 Å². The number of aromatic nitrogens is 2. The number of nitrogens with zero attached hydrogens (tertiary/aromatic N) is 2. The van der Waals surface area contributed by atoms with Gasteiger partial charge in [-0.3, -0.25) is 0 Å². The predicted octanol–water partition coefficient (Wildman–Crippen LogP) is 1.94. The zero-order valence-electron chi connectivity index (χ0n) is 7.06. The van der Waals surface area contributed by atoms with Crippen LogP contribution in [0.3, 0.4) is 0 Å². The molecular formula is C8H8N2O2S. The van der Waals surface area contributed by atoms with E-state index in [9.17, 15) is 0 Å². The standard InChI is InChI=1S/C8H8N2O2S/c1-11-4-7-9-10-8(12-7)6-2-3-13-5-6/h2-3,5H,4H2,1H3. The maximum absolute atomic E-state index is 5.33. The van der Waals surface area contributed by atoms with Crippen LogP contribution in [0.5, 0.6) is 0 Å². The largest absolute Gasteiger partial charge is 0.418 e. The summed E-state index contributed by atoms with van der Waals surface area (Å²) >= 11 is 1.60. The molecule has 0 atom stereocenters. The van der Waals surface area contributed by atoms with E-state index in [0.29, 0.717) is 18.4 Å². The number of methoxy groups -OCH3 is 1. The Bertz CT molecular complexity index is 369. The first kappa shape index (κ1) is 8.40. The van der Waals surface area contributed by atoms with Crippen molar-refractivity contribution in [3.8, 4) is 11.5 Å². The van der Waals surface area contributed by atoms with Crippen molar-refractivity contribution in [2.24, 2.45) is 0 Å². The Morgan fingerprint density at radius 3 is 3.15 bits per heavy atom. The summed E-state index contributed by atoms with van der Waals surface area (Å²) in [7, 11) is 1.59. The topological polar surface area (TPSA) is 48.2 Å². The van der Waals surface area contributed by atoms with Gasteiger partial charge in [0.25, 0.3) is 0 Å². The van der Waals surface area contributed by atoms with Gasteiger partial charge in [0.05, 0.1) is 0 Å². The van der Waals surface area contributed by atoms with Gasteiger partial charge in [0.1, 0.15) is 6.61 Å². The van der Waals surface area contributed by atoms with Crippen molar-refractivity contribution in [1.82, 2.24) is 10.2 Å². The fourth-order valence-corrected chi connectivity index (χ4v) is 1.57. The SMILES string of the molecule is COCc1nnc(-c2ccsc2)o1. The van der Waals surface area contributed by atoms with Crippen LogP contribution >= 0.6 is 11.3 Å². The van der Waals surface area contributed by atoms with E-state index >= 15 is 0 Å². The van der Waals surface area contributed by atoms with Gasteiger partial charge in [-0.25, -0.2) is 0 Å². The minimum absolute atomic E-state index is 0.358. The molecule has 2 heterocycles. The van der Waals surface area contributed by atoms with E-state index < -0.39 is 0 Å². The first-order valence-electron chi connectivity index (χ1n) is 3.74. The van der Waals surface area contributed by atoms with Crippen molar-refractivity contribution in [2.45, 2.75) is 6.61 Å². The van der Waals surface area contributed by atoms with Crippen molar-refractivity contribution >= 4 is 11.3 Å². The number of hydrogen-bond donors (Lipinski definition) is 0. The van der Waals surface area contributed by atoms with E-state index in [4.69, 9.17) is 9.15 Å². The maximum Gasteiger partial charge on any atom is 0.248 e. The molecule has 0 saturated carbocycles. The van der Waals surface area contributed by atoms with Crippen molar-refractivity contribution in [3.05, 3.63) is 22.7 Å². The van der Waals surface area contributed by atoms with Crippen LogP contribution in [0.15, 0.2) is 21.2 Å². The van der Waals surface area contributed by atoms with Crippen LogP contribution < -0.4 is 0 Å². The quantitative estimate of drug-likeness (QED) is 0.752. The Labute approximate surface area is 79.2 Å². The van der Waals surface area contributed by atoms with Crippen molar-refractivity contribution < 1.29 is 9.15 Å². The Morgan fingerprint density at radius 1 is 1.54 bits per heavy atom. The van der Waals surface area contributed by atoms with Crippen molar-refractivity contribution in [1.29, 1.82) is 0 Å². The van der Waals surface area contributed by atoms with E-state index in [1.165, 1.54) is 0 Å². The lowest BCUT2D eigenvalue weighted by Crippen LogP contribution is -1.85. The number of ether oxygens (including phenoxy) is 1. The molecule has 4 nitrogen and oxygen atoms in total. The van der Waals surface area contributed by atoms with E-state index in [-0.39, 0.29) is 0 Å². The molecule has 2 aromatic heterocycles. The van der Waals surface area contributed by atoms with Crippen LogP contribution in [0.25, 0.3) is 11.5 Å². The van der Waals surface area contributed by atoms with Gasteiger partial charge in [-0.1, -0.05) is 0 Å². The van der Waals surface area contributed by atoms with Gasteiger partial charge in [-0.05, 0) is 11.4 Å². The zero-order valence-corrected chi connectivity index (χ0v) is 7.87. The molecule has 0 saturated heterocycles. The summed E-state index contributed by atoms with van der Waals surface area (Å²) in [6, 6.07) is 1.94. The highest BCUT2D eigenvalue weighted by atomic mass is 32.1. The van der Waals surface area contributed by atoms with Crippen molar-refractivity contribution in [2.75, 3.05) is 7.11 Å². The molecule has 0 aliphatic heterocycles. The second kappa shape index (κ2) is 3.68. The molecule has 5 heteroatoms. The van der Waals surface area contributed by atoms with Gasteiger partial charge in [0.2, 0.25) is 11.8 Å². The Kier molecular flexibility index (Phi) is 2.37. The van der Waals surface area contributed by atoms with Crippen LogP contribution in [-0.2, 0) is 11.3 Å². The summed E-state index contributed by atoms with van der Waals surface area (Å²) in [5.41, 5.74) is 0.958. The van der Waals surface area contributed by atoms with Gasteiger partial charge in [0, 0.05) is 18.1 Å². The van der Waals surface area contributed by atoms with Crippen LogP contribution in [0, 0.1) is 0 Å². The summed E-state index contributed by atoms with van der Waals surface area (Å²) in [6.07, 6.45) is 0. The summed E-state index contributed by atoms with van der Waals surface area (Å²) in [4.78, 5) is 0. The molecule has 0 aromatic carbocycles. The smallest absolute Gasteiger partial charge is 0.248 e. The third-order valence-corrected chi connectivity index (χ3v) is 2.19. The molecule has 0 radical (unpaired) electrons. The van der Waals surface area contributed by atoms with Gasteiger partial charge in [-0.15, -0.1) is 10.2 Å². The third kappa shape index (κ3) is 1.76. The third-order valence-electron chi connectivity index (χ3n) is 1.50. The molecule has 0 N–H and O–H groups in total. The van der Waals surface area contributed by atoms with E-state index in [1.807, 2.05) is 16.8 Å². The summed E-state index contributed by atoms with van der Waals surface area (Å²) in [5, 5.41) is 11.6. The average molecular weight is 196 g/mol.